The lowest BCUT2D eigenvalue weighted by Gasteiger charge is -2.43. The molecule has 0 radical (unpaired) electrons. The van der Waals surface area contributed by atoms with E-state index >= 15 is 0 Å². The standard InChI is InChI=1S/C23H22O7/c1-22(2)18-17-12(29-21(18)22)6-5-10-19(17)30-16-9-28-13-8-15(27-4)14(26-3)7-11(13)23(16,25)20(10)24/h5-8,16,18,21,25H,9H2,1-4H3/t16-,18+,21+,23+/m1/s1. The highest BCUT2D eigenvalue weighted by Crippen LogP contribution is 2.69. The zero-order valence-corrected chi connectivity index (χ0v) is 17.1. The number of aliphatic hydroxyl groups is 1. The molecule has 0 saturated heterocycles. The monoisotopic (exact) mass is 410 g/mol. The second-order valence-electron chi connectivity index (χ2n) is 8.91. The summed E-state index contributed by atoms with van der Waals surface area (Å²) in [7, 11) is 3.02. The van der Waals surface area contributed by atoms with E-state index in [0.29, 0.717) is 34.1 Å². The Balaban J connectivity index is 1.51. The van der Waals surface area contributed by atoms with Crippen molar-refractivity contribution in [3.8, 4) is 28.7 Å². The molecule has 3 aliphatic heterocycles. The SMILES string of the molecule is COc1cc2c(cc1OC)[C@@]1(O)C(=O)c3ccc4c(c3O[C@@H]1CO2)[C@H]1[C@H](O4)C1(C)C. The number of carbonyl (C=O) groups is 1. The maximum Gasteiger partial charge on any atom is 0.206 e. The number of fused-ring (bicyclic) bond motifs is 8. The van der Waals surface area contributed by atoms with E-state index in [2.05, 4.69) is 13.8 Å². The number of ether oxygens (including phenoxy) is 5. The van der Waals surface area contributed by atoms with Crippen LogP contribution in [0.5, 0.6) is 28.7 Å². The van der Waals surface area contributed by atoms with E-state index in [4.69, 9.17) is 23.7 Å². The molecule has 6 rings (SSSR count). The molecule has 1 saturated carbocycles. The van der Waals surface area contributed by atoms with Crippen LogP contribution < -0.4 is 23.7 Å². The number of methoxy groups -OCH3 is 2. The van der Waals surface area contributed by atoms with Crippen LogP contribution in [0.15, 0.2) is 24.3 Å². The van der Waals surface area contributed by atoms with Gasteiger partial charge in [-0.15, -0.1) is 0 Å². The molecule has 1 aliphatic carbocycles. The number of benzene rings is 2. The number of hydrogen-bond acceptors (Lipinski definition) is 7. The van der Waals surface area contributed by atoms with Gasteiger partial charge in [0.05, 0.1) is 19.8 Å². The van der Waals surface area contributed by atoms with Gasteiger partial charge in [-0.3, -0.25) is 4.79 Å². The Hall–Kier alpha value is -2.93. The highest BCUT2D eigenvalue weighted by Gasteiger charge is 2.67. The average molecular weight is 410 g/mol. The largest absolute Gasteiger partial charge is 0.493 e. The van der Waals surface area contributed by atoms with E-state index in [-0.39, 0.29) is 24.0 Å². The topological polar surface area (TPSA) is 83.5 Å². The fourth-order valence-corrected chi connectivity index (χ4v) is 5.23. The molecule has 2 aromatic rings. The third-order valence-corrected chi connectivity index (χ3v) is 7.05. The Morgan fingerprint density at radius 3 is 2.53 bits per heavy atom. The molecule has 2 aromatic carbocycles. The Labute approximate surface area is 173 Å². The Morgan fingerprint density at radius 1 is 1.07 bits per heavy atom. The van der Waals surface area contributed by atoms with Crippen molar-refractivity contribution in [3.05, 3.63) is 41.0 Å². The summed E-state index contributed by atoms with van der Waals surface area (Å²) in [5.41, 5.74) is -0.278. The van der Waals surface area contributed by atoms with E-state index in [1.807, 2.05) is 0 Å². The van der Waals surface area contributed by atoms with Crippen LogP contribution in [-0.2, 0) is 5.60 Å². The third-order valence-electron chi connectivity index (χ3n) is 7.05. The van der Waals surface area contributed by atoms with Crippen molar-refractivity contribution in [3.63, 3.8) is 0 Å². The van der Waals surface area contributed by atoms with Gasteiger partial charge in [-0.2, -0.15) is 0 Å². The van der Waals surface area contributed by atoms with E-state index in [1.165, 1.54) is 14.2 Å². The molecule has 7 nitrogen and oxygen atoms in total. The lowest BCUT2D eigenvalue weighted by molar-refractivity contribution is -0.0803. The van der Waals surface area contributed by atoms with Crippen LogP contribution >= 0.6 is 0 Å². The molecule has 1 fully saturated rings. The fraction of sp³-hybridized carbons (Fsp3) is 0.435. The van der Waals surface area contributed by atoms with Crippen molar-refractivity contribution in [1.29, 1.82) is 0 Å². The molecule has 4 atom stereocenters. The Kier molecular flexibility index (Phi) is 3.22. The minimum absolute atomic E-state index is 0.00185. The second-order valence-corrected chi connectivity index (χ2v) is 8.91. The first-order chi connectivity index (χ1) is 14.3. The molecule has 0 unspecified atom stereocenters. The summed E-state index contributed by atoms with van der Waals surface area (Å²) >= 11 is 0. The second kappa shape index (κ2) is 5.40. The zero-order chi connectivity index (χ0) is 21.0. The molecule has 4 aliphatic rings. The number of hydrogen-bond donors (Lipinski definition) is 1. The highest BCUT2D eigenvalue weighted by molar-refractivity contribution is 6.08. The Morgan fingerprint density at radius 2 is 1.80 bits per heavy atom. The summed E-state index contributed by atoms with van der Waals surface area (Å²) in [6.45, 7) is 4.32. The number of Topliss-reactive ketones (excluding diaryl/α,β-unsaturated/α-hetero) is 1. The minimum atomic E-state index is -1.88. The summed E-state index contributed by atoms with van der Waals surface area (Å²) < 4.78 is 28.9. The third kappa shape index (κ3) is 1.92. The van der Waals surface area contributed by atoms with E-state index < -0.39 is 17.5 Å². The van der Waals surface area contributed by atoms with Crippen LogP contribution in [0.4, 0.5) is 0 Å². The first-order valence-electron chi connectivity index (χ1n) is 9.99. The molecule has 1 N–H and O–H groups in total. The molecule has 0 aromatic heterocycles. The summed E-state index contributed by atoms with van der Waals surface area (Å²) in [6.07, 6.45) is -0.783. The van der Waals surface area contributed by atoms with Gasteiger partial charge in [-0.25, -0.2) is 0 Å². The fourth-order valence-electron chi connectivity index (χ4n) is 5.23. The number of carbonyl (C=O) groups excluding carboxylic acids is 1. The lowest BCUT2D eigenvalue weighted by atomic mass is 9.76. The molecule has 7 heteroatoms. The first kappa shape index (κ1) is 17.9. The minimum Gasteiger partial charge on any atom is -0.493 e. The van der Waals surface area contributed by atoms with Crippen LogP contribution in [0.25, 0.3) is 0 Å². The normalized spacial score (nSPS) is 31.0. The van der Waals surface area contributed by atoms with Crippen molar-refractivity contribution in [2.45, 2.75) is 37.6 Å². The van der Waals surface area contributed by atoms with Gasteiger partial charge in [0.1, 0.15) is 30.0 Å². The summed E-state index contributed by atoms with van der Waals surface area (Å²) in [4.78, 5) is 13.7. The molecular formula is C23H22O7. The average Bonchev–Trinajstić information content (AvgIpc) is 3.08. The Bertz CT molecular complexity index is 1120. The van der Waals surface area contributed by atoms with Crippen molar-refractivity contribution in [2.24, 2.45) is 5.41 Å². The molecule has 0 amide bonds. The first-order valence-corrected chi connectivity index (χ1v) is 9.99. The van der Waals surface area contributed by atoms with Crippen molar-refractivity contribution in [1.82, 2.24) is 0 Å². The van der Waals surface area contributed by atoms with Gasteiger partial charge in [0.2, 0.25) is 5.78 Å². The lowest BCUT2D eigenvalue weighted by Crippen LogP contribution is -2.57. The predicted molar refractivity (Wildman–Crippen MR) is 105 cm³/mol. The zero-order valence-electron chi connectivity index (χ0n) is 17.1. The molecule has 0 bridgehead atoms. The molecule has 3 heterocycles. The van der Waals surface area contributed by atoms with Crippen LogP contribution in [0, 0.1) is 5.41 Å². The van der Waals surface area contributed by atoms with Crippen LogP contribution in [0.1, 0.15) is 41.3 Å². The van der Waals surface area contributed by atoms with E-state index in [1.54, 1.807) is 24.3 Å². The van der Waals surface area contributed by atoms with Crippen molar-refractivity contribution >= 4 is 5.78 Å². The van der Waals surface area contributed by atoms with Gasteiger partial charge < -0.3 is 28.8 Å². The van der Waals surface area contributed by atoms with Crippen LogP contribution in [0.3, 0.4) is 0 Å². The van der Waals surface area contributed by atoms with Crippen LogP contribution in [-0.4, -0.2) is 43.9 Å². The maximum absolute atomic E-state index is 13.7. The molecular weight excluding hydrogens is 388 g/mol. The number of ketones is 1. The van der Waals surface area contributed by atoms with E-state index in [0.717, 1.165) is 11.3 Å². The smallest absolute Gasteiger partial charge is 0.206 e. The van der Waals surface area contributed by atoms with Crippen LogP contribution in [0.2, 0.25) is 0 Å². The maximum atomic E-state index is 13.7. The van der Waals surface area contributed by atoms with Crippen molar-refractivity contribution in [2.75, 3.05) is 20.8 Å². The van der Waals surface area contributed by atoms with Gasteiger partial charge in [0.15, 0.2) is 23.2 Å². The summed E-state index contributed by atoms with van der Waals surface area (Å²) in [6, 6.07) is 6.69. The predicted octanol–water partition coefficient (Wildman–Crippen LogP) is 2.81. The highest BCUT2D eigenvalue weighted by atomic mass is 16.6. The quantitative estimate of drug-likeness (QED) is 0.815. The van der Waals surface area contributed by atoms with Gasteiger partial charge in [-0.05, 0) is 18.2 Å². The van der Waals surface area contributed by atoms with Gasteiger partial charge >= 0.3 is 0 Å². The molecule has 30 heavy (non-hydrogen) atoms. The summed E-state index contributed by atoms with van der Waals surface area (Å²) in [5.74, 6) is 2.28. The van der Waals surface area contributed by atoms with Gasteiger partial charge in [-0.1, -0.05) is 13.8 Å². The van der Waals surface area contributed by atoms with E-state index in [9.17, 15) is 9.90 Å². The van der Waals surface area contributed by atoms with Gasteiger partial charge in [0, 0.05) is 28.5 Å². The summed E-state index contributed by atoms with van der Waals surface area (Å²) in [5, 5.41) is 11.7. The molecule has 0 spiro atoms. The number of rotatable bonds is 2. The molecule has 156 valence electrons. The van der Waals surface area contributed by atoms with Crippen molar-refractivity contribution < 1.29 is 33.6 Å². The van der Waals surface area contributed by atoms with Gasteiger partial charge in [0.25, 0.3) is 0 Å².